The van der Waals surface area contributed by atoms with E-state index in [1.165, 1.54) is 0 Å². The molecule has 2 rings (SSSR count). The fourth-order valence-corrected chi connectivity index (χ4v) is 1.92. The van der Waals surface area contributed by atoms with Crippen LogP contribution in [0.2, 0.25) is 0 Å². The average molecular weight is 256 g/mol. The van der Waals surface area contributed by atoms with E-state index in [-0.39, 0.29) is 6.04 Å². The Bertz CT molecular complexity index is 584. The molecule has 0 saturated heterocycles. The van der Waals surface area contributed by atoms with Crippen LogP contribution in [0.1, 0.15) is 30.0 Å². The van der Waals surface area contributed by atoms with Crippen molar-refractivity contribution in [1.29, 1.82) is 5.26 Å². The zero-order chi connectivity index (χ0) is 13.7. The molecule has 0 aliphatic rings. The van der Waals surface area contributed by atoms with Gasteiger partial charge in [-0.25, -0.2) is 0 Å². The summed E-state index contributed by atoms with van der Waals surface area (Å²) in [5.41, 5.74) is 1.09. The van der Waals surface area contributed by atoms with Gasteiger partial charge in [0.25, 0.3) is 0 Å². The molecule has 1 unspecified atom stereocenters. The highest BCUT2D eigenvalue weighted by Crippen LogP contribution is 2.24. The molecule has 0 fully saturated rings. The second kappa shape index (κ2) is 6.07. The molecular formula is C15H16N2O2. The van der Waals surface area contributed by atoms with E-state index in [0.717, 1.165) is 17.1 Å². The summed E-state index contributed by atoms with van der Waals surface area (Å²) in [5, 5.41) is 12.0. The summed E-state index contributed by atoms with van der Waals surface area (Å²) in [5.74, 6) is 1.94. The van der Waals surface area contributed by atoms with Crippen molar-refractivity contribution in [2.45, 2.75) is 19.5 Å². The van der Waals surface area contributed by atoms with E-state index in [4.69, 9.17) is 14.4 Å². The van der Waals surface area contributed by atoms with E-state index in [1.54, 1.807) is 19.2 Å². The lowest BCUT2D eigenvalue weighted by atomic mass is 10.1. The van der Waals surface area contributed by atoms with E-state index in [0.29, 0.717) is 12.3 Å². The molecule has 1 aromatic carbocycles. The second-order valence-corrected chi connectivity index (χ2v) is 4.22. The SMILES string of the molecule is COc1ccccc1C(C)NCc1ccc(C#N)o1. The molecule has 4 nitrogen and oxygen atoms in total. The highest BCUT2D eigenvalue weighted by Gasteiger charge is 2.11. The van der Waals surface area contributed by atoms with Crippen molar-refractivity contribution in [1.82, 2.24) is 5.32 Å². The first kappa shape index (κ1) is 13.2. The largest absolute Gasteiger partial charge is 0.496 e. The Morgan fingerprint density at radius 1 is 1.32 bits per heavy atom. The van der Waals surface area contributed by atoms with Gasteiger partial charge in [0.1, 0.15) is 17.6 Å². The molecule has 2 aromatic rings. The smallest absolute Gasteiger partial charge is 0.203 e. The molecule has 1 aromatic heterocycles. The molecule has 1 atom stereocenters. The van der Waals surface area contributed by atoms with Gasteiger partial charge >= 0.3 is 0 Å². The van der Waals surface area contributed by atoms with E-state index in [9.17, 15) is 0 Å². The minimum absolute atomic E-state index is 0.131. The Morgan fingerprint density at radius 3 is 2.79 bits per heavy atom. The van der Waals surface area contributed by atoms with Gasteiger partial charge in [-0.3, -0.25) is 0 Å². The van der Waals surface area contributed by atoms with Gasteiger partial charge in [0, 0.05) is 11.6 Å². The molecule has 1 heterocycles. The molecule has 98 valence electrons. The fraction of sp³-hybridized carbons (Fsp3) is 0.267. The van der Waals surface area contributed by atoms with E-state index < -0.39 is 0 Å². The van der Waals surface area contributed by atoms with Crippen LogP contribution in [0.25, 0.3) is 0 Å². The van der Waals surface area contributed by atoms with Gasteiger partial charge in [-0.1, -0.05) is 18.2 Å². The van der Waals surface area contributed by atoms with Crippen LogP contribution in [-0.2, 0) is 6.54 Å². The highest BCUT2D eigenvalue weighted by molar-refractivity contribution is 5.35. The molecule has 0 aliphatic carbocycles. The average Bonchev–Trinajstić information content (AvgIpc) is 2.92. The van der Waals surface area contributed by atoms with E-state index in [2.05, 4.69) is 12.2 Å². The first-order valence-corrected chi connectivity index (χ1v) is 6.09. The first-order valence-electron chi connectivity index (χ1n) is 6.09. The van der Waals surface area contributed by atoms with E-state index >= 15 is 0 Å². The number of ether oxygens (including phenoxy) is 1. The minimum Gasteiger partial charge on any atom is -0.496 e. The summed E-state index contributed by atoms with van der Waals surface area (Å²) in [6.45, 7) is 2.63. The number of para-hydroxylation sites is 1. The Labute approximate surface area is 112 Å². The Balaban J connectivity index is 2.01. The predicted molar refractivity (Wildman–Crippen MR) is 71.7 cm³/mol. The monoisotopic (exact) mass is 256 g/mol. The Kier molecular flexibility index (Phi) is 4.22. The van der Waals surface area contributed by atoms with Gasteiger partial charge in [-0.2, -0.15) is 5.26 Å². The van der Waals surface area contributed by atoms with Crippen molar-refractivity contribution >= 4 is 0 Å². The summed E-state index contributed by atoms with van der Waals surface area (Å²) in [7, 11) is 1.66. The Morgan fingerprint density at radius 2 is 2.11 bits per heavy atom. The molecule has 0 spiro atoms. The summed E-state index contributed by atoms with van der Waals surface area (Å²) in [6.07, 6.45) is 0. The topological polar surface area (TPSA) is 58.2 Å². The summed E-state index contributed by atoms with van der Waals surface area (Å²) in [4.78, 5) is 0. The number of hydrogen-bond acceptors (Lipinski definition) is 4. The van der Waals surface area contributed by atoms with Crippen molar-refractivity contribution in [3.05, 3.63) is 53.5 Å². The van der Waals surface area contributed by atoms with Crippen LogP contribution in [0.3, 0.4) is 0 Å². The maximum atomic E-state index is 8.69. The fourth-order valence-electron chi connectivity index (χ4n) is 1.92. The predicted octanol–water partition coefficient (Wildman–Crippen LogP) is 3.01. The number of nitrogens with zero attached hydrogens (tertiary/aromatic N) is 1. The van der Waals surface area contributed by atoms with Gasteiger partial charge in [0.15, 0.2) is 0 Å². The first-order chi connectivity index (χ1) is 9.24. The maximum absolute atomic E-state index is 8.69. The molecule has 19 heavy (non-hydrogen) atoms. The number of benzene rings is 1. The van der Waals surface area contributed by atoms with Crippen molar-refractivity contribution in [3.63, 3.8) is 0 Å². The van der Waals surface area contributed by atoms with E-state index in [1.807, 2.05) is 30.3 Å². The molecule has 1 N–H and O–H groups in total. The van der Waals surface area contributed by atoms with Crippen LogP contribution in [0.5, 0.6) is 5.75 Å². The quantitative estimate of drug-likeness (QED) is 0.893. The molecule has 0 aliphatic heterocycles. The van der Waals surface area contributed by atoms with Gasteiger partial charge in [0.2, 0.25) is 5.76 Å². The van der Waals surface area contributed by atoms with Crippen molar-refractivity contribution in [2.24, 2.45) is 0 Å². The standard InChI is InChI=1S/C15H16N2O2/c1-11(14-5-3-4-6-15(14)18-2)17-10-13-8-7-12(9-16)19-13/h3-8,11,17H,10H2,1-2H3. The van der Waals surface area contributed by atoms with Crippen LogP contribution in [0.4, 0.5) is 0 Å². The van der Waals surface area contributed by atoms with Gasteiger partial charge in [0.05, 0.1) is 13.7 Å². The third-order valence-corrected chi connectivity index (χ3v) is 2.96. The Hall–Kier alpha value is -2.25. The summed E-state index contributed by atoms with van der Waals surface area (Å²) >= 11 is 0. The summed E-state index contributed by atoms with van der Waals surface area (Å²) < 4.78 is 10.7. The number of rotatable bonds is 5. The van der Waals surface area contributed by atoms with Crippen molar-refractivity contribution in [2.75, 3.05) is 7.11 Å². The molecule has 0 amide bonds. The van der Waals surface area contributed by atoms with Crippen LogP contribution in [0, 0.1) is 11.3 Å². The van der Waals surface area contributed by atoms with Crippen molar-refractivity contribution < 1.29 is 9.15 Å². The molecule has 0 bridgehead atoms. The van der Waals surface area contributed by atoms with Gasteiger partial charge in [-0.05, 0) is 25.1 Å². The lowest BCUT2D eigenvalue weighted by molar-refractivity contribution is 0.397. The highest BCUT2D eigenvalue weighted by atomic mass is 16.5. The maximum Gasteiger partial charge on any atom is 0.203 e. The van der Waals surface area contributed by atoms with Crippen LogP contribution < -0.4 is 10.1 Å². The van der Waals surface area contributed by atoms with Gasteiger partial charge < -0.3 is 14.5 Å². The number of furan rings is 1. The lowest BCUT2D eigenvalue weighted by Gasteiger charge is -2.16. The van der Waals surface area contributed by atoms with Crippen LogP contribution >= 0.6 is 0 Å². The van der Waals surface area contributed by atoms with Crippen LogP contribution in [0.15, 0.2) is 40.8 Å². The van der Waals surface area contributed by atoms with Crippen molar-refractivity contribution in [3.8, 4) is 11.8 Å². The third-order valence-electron chi connectivity index (χ3n) is 2.96. The second-order valence-electron chi connectivity index (χ2n) is 4.22. The zero-order valence-electron chi connectivity index (χ0n) is 11.0. The number of nitriles is 1. The third kappa shape index (κ3) is 3.15. The molecule has 0 saturated carbocycles. The number of methoxy groups -OCH3 is 1. The summed E-state index contributed by atoms with van der Waals surface area (Å²) in [6, 6.07) is 13.5. The zero-order valence-corrected chi connectivity index (χ0v) is 11.0. The molecule has 4 heteroatoms. The van der Waals surface area contributed by atoms with Crippen LogP contribution in [-0.4, -0.2) is 7.11 Å². The lowest BCUT2D eigenvalue weighted by Crippen LogP contribution is -2.18. The van der Waals surface area contributed by atoms with Gasteiger partial charge in [-0.15, -0.1) is 0 Å². The number of hydrogen-bond donors (Lipinski definition) is 1. The molecule has 0 radical (unpaired) electrons. The molecular weight excluding hydrogens is 240 g/mol. The normalized spacial score (nSPS) is 11.8. The minimum atomic E-state index is 0.131. The number of nitrogens with one attached hydrogen (secondary N) is 1.